The molecule has 0 saturated carbocycles. The van der Waals surface area contributed by atoms with Gasteiger partial charge in [-0.2, -0.15) is 0 Å². The van der Waals surface area contributed by atoms with Crippen LogP contribution in [-0.2, 0) is 7.05 Å². The summed E-state index contributed by atoms with van der Waals surface area (Å²) in [5.74, 6) is 0.601. The van der Waals surface area contributed by atoms with E-state index >= 15 is 0 Å². The molecule has 94 valence electrons. The second kappa shape index (κ2) is 4.93. The SMILES string of the molecule is Cn1c(N=Nc2ccc(Br)cc2)nc2ccccc21. The smallest absolute Gasteiger partial charge is 0.250 e. The Morgan fingerprint density at radius 1 is 1.00 bits per heavy atom. The first kappa shape index (κ1) is 12.0. The van der Waals surface area contributed by atoms with Gasteiger partial charge in [-0.25, -0.2) is 4.98 Å². The first-order chi connectivity index (χ1) is 9.24. The number of imidazole rings is 1. The highest BCUT2D eigenvalue weighted by molar-refractivity contribution is 9.10. The molecule has 0 saturated heterocycles. The van der Waals surface area contributed by atoms with Crippen LogP contribution in [-0.4, -0.2) is 9.55 Å². The van der Waals surface area contributed by atoms with E-state index < -0.39 is 0 Å². The minimum atomic E-state index is 0.601. The summed E-state index contributed by atoms with van der Waals surface area (Å²) in [6.45, 7) is 0. The molecule has 1 aromatic heterocycles. The third-order valence-electron chi connectivity index (χ3n) is 2.85. The normalized spacial score (nSPS) is 11.5. The van der Waals surface area contributed by atoms with Crippen molar-refractivity contribution in [2.45, 2.75) is 0 Å². The minimum absolute atomic E-state index is 0.601. The molecule has 19 heavy (non-hydrogen) atoms. The number of hydrogen-bond acceptors (Lipinski definition) is 3. The highest BCUT2D eigenvalue weighted by Crippen LogP contribution is 2.23. The molecule has 0 atom stereocenters. The summed E-state index contributed by atoms with van der Waals surface area (Å²) < 4.78 is 2.95. The topological polar surface area (TPSA) is 42.5 Å². The first-order valence-corrected chi connectivity index (χ1v) is 6.62. The largest absolute Gasteiger partial charge is 0.310 e. The van der Waals surface area contributed by atoms with Gasteiger partial charge < -0.3 is 4.57 Å². The van der Waals surface area contributed by atoms with E-state index in [1.54, 1.807) is 0 Å². The number of aromatic nitrogens is 2. The van der Waals surface area contributed by atoms with Crippen LogP contribution in [0.15, 0.2) is 63.2 Å². The van der Waals surface area contributed by atoms with Gasteiger partial charge in [-0.15, -0.1) is 10.2 Å². The van der Waals surface area contributed by atoms with Crippen molar-refractivity contribution >= 4 is 38.6 Å². The number of halogens is 1. The molecule has 0 bridgehead atoms. The molecule has 0 radical (unpaired) electrons. The average Bonchev–Trinajstić information content (AvgIpc) is 2.76. The summed E-state index contributed by atoms with van der Waals surface area (Å²) in [6.07, 6.45) is 0. The zero-order valence-corrected chi connectivity index (χ0v) is 11.9. The van der Waals surface area contributed by atoms with E-state index in [4.69, 9.17) is 0 Å². The van der Waals surface area contributed by atoms with Crippen molar-refractivity contribution in [2.75, 3.05) is 0 Å². The summed E-state index contributed by atoms with van der Waals surface area (Å²) in [4.78, 5) is 4.44. The third kappa shape index (κ3) is 2.42. The lowest BCUT2D eigenvalue weighted by Crippen LogP contribution is -1.85. The Bertz CT molecular complexity index is 744. The van der Waals surface area contributed by atoms with Crippen LogP contribution in [0.25, 0.3) is 11.0 Å². The second-order valence-corrected chi connectivity index (χ2v) is 5.05. The average molecular weight is 315 g/mol. The fourth-order valence-corrected chi connectivity index (χ4v) is 2.10. The summed E-state index contributed by atoms with van der Waals surface area (Å²) >= 11 is 3.39. The number of benzene rings is 2. The van der Waals surface area contributed by atoms with Gasteiger partial charge in [0, 0.05) is 11.5 Å². The van der Waals surface area contributed by atoms with E-state index in [0.717, 1.165) is 21.2 Å². The Balaban J connectivity index is 1.97. The third-order valence-corrected chi connectivity index (χ3v) is 3.37. The van der Waals surface area contributed by atoms with Crippen LogP contribution >= 0.6 is 15.9 Å². The van der Waals surface area contributed by atoms with Gasteiger partial charge in [0.15, 0.2) is 0 Å². The standard InChI is InChI=1S/C14H11BrN4/c1-19-13-5-3-2-4-12(13)16-14(19)18-17-11-8-6-10(15)7-9-11/h2-9H,1H3. The first-order valence-electron chi connectivity index (χ1n) is 5.83. The van der Waals surface area contributed by atoms with Crippen molar-refractivity contribution in [3.05, 3.63) is 53.0 Å². The Kier molecular flexibility index (Phi) is 3.13. The maximum Gasteiger partial charge on any atom is 0.250 e. The lowest BCUT2D eigenvalue weighted by atomic mass is 10.3. The lowest BCUT2D eigenvalue weighted by molar-refractivity contribution is 0.921. The van der Waals surface area contributed by atoms with Crippen LogP contribution in [0, 0.1) is 0 Å². The summed E-state index contributed by atoms with van der Waals surface area (Å²) in [7, 11) is 1.94. The number of fused-ring (bicyclic) bond motifs is 1. The monoisotopic (exact) mass is 314 g/mol. The van der Waals surface area contributed by atoms with Crippen LogP contribution in [0.5, 0.6) is 0 Å². The van der Waals surface area contributed by atoms with Crippen molar-refractivity contribution in [1.82, 2.24) is 9.55 Å². The van der Waals surface area contributed by atoms with Gasteiger partial charge in [-0.05, 0) is 36.4 Å². The van der Waals surface area contributed by atoms with Gasteiger partial charge in [0.1, 0.15) is 0 Å². The number of para-hydroxylation sites is 2. The molecule has 0 N–H and O–H groups in total. The molecule has 0 amide bonds. The number of hydrogen-bond donors (Lipinski definition) is 0. The maximum absolute atomic E-state index is 4.44. The van der Waals surface area contributed by atoms with Crippen molar-refractivity contribution < 1.29 is 0 Å². The number of aryl methyl sites for hydroxylation is 1. The van der Waals surface area contributed by atoms with Crippen molar-refractivity contribution in [2.24, 2.45) is 17.3 Å². The van der Waals surface area contributed by atoms with Gasteiger partial charge >= 0.3 is 0 Å². The van der Waals surface area contributed by atoms with Crippen molar-refractivity contribution in [3.8, 4) is 0 Å². The van der Waals surface area contributed by atoms with Crippen LogP contribution in [0.4, 0.5) is 11.6 Å². The molecule has 0 aliphatic carbocycles. The molecular weight excluding hydrogens is 304 g/mol. The molecular formula is C14H11BrN4. The van der Waals surface area contributed by atoms with Gasteiger partial charge in [-0.3, -0.25) is 0 Å². The van der Waals surface area contributed by atoms with Crippen LogP contribution in [0.2, 0.25) is 0 Å². The zero-order chi connectivity index (χ0) is 13.2. The van der Waals surface area contributed by atoms with E-state index in [1.807, 2.05) is 60.1 Å². The minimum Gasteiger partial charge on any atom is -0.310 e. The molecule has 0 aliphatic heterocycles. The number of nitrogens with zero attached hydrogens (tertiary/aromatic N) is 4. The molecule has 5 heteroatoms. The van der Waals surface area contributed by atoms with Crippen LogP contribution in [0.1, 0.15) is 0 Å². The predicted molar refractivity (Wildman–Crippen MR) is 79.0 cm³/mol. The van der Waals surface area contributed by atoms with E-state index in [1.165, 1.54) is 0 Å². The van der Waals surface area contributed by atoms with Gasteiger partial charge in [0.05, 0.1) is 16.7 Å². The van der Waals surface area contributed by atoms with Crippen molar-refractivity contribution in [3.63, 3.8) is 0 Å². The Morgan fingerprint density at radius 3 is 2.47 bits per heavy atom. The fourth-order valence-electron chi connectivity index (χ4n) is 1.83. The zero-order valence-electron chi connectivity index (χ0n) is 10.3. The second-order valence-electron chi connectivity index (χ2n) is 4.14. The van der Waals surface area contributed by atoms with E-state index in [0.29, 0.717) is 5.95 Å². The molecule has 3 aromatic rings. The molecule has 0 unspecified atom stereocenters. The molecule has 1 heterocycles. The van der Waals surface area contributed by atoms with Crippen LogP contribution < -0.4 is 0 Å². The molecule has 0 aliphatic rings. The Labute approximate surface area is 118 Å². The van der Waals surface area contributed by atoms with E-state index in [-0.39, 0.29) is 0 Å². The van der Waals surface area contributed by atoms with Gasteiger partial charge in [0.25, 0.3) is 0 Å². The molecule has 3 rings (SSSR count). The number of azo groups is 1. The van der Waals surface area contributed by atoms with E-state index in [2.05, 4.69) is 31.1 Å². The van der Waals surface area contributed by atoms with Crippen LogP contribution in [0.3, 0.4) is 0 Å². The molecule has 4 nitrogen and oxygen atoms in total. The fraction of sp³-hybridized carbons (Fsp3) is 0.0714. The maximum atomic E-state index is 4.44. The summed E-state index contributed by atoms with van der Waals surface area (Å²) in [5, 5.41) is 8.40. The summed E-state index contributed by atoms with van der Waals surface area (Å²) in [5.41, 5.74) is 2.78. The quantitative estimate of drug-likeness (QED) is 0.629. The van der Waals surface area contributed by atoms with E-state index in [9.17, 15) is 0 Å². The Hall–Kier alpha value is -2.01. The number of rotatable bonds is 2. The van der Waals surface area contributed by atoms with Crippen molar-refractivity contribution in [1.29, 1.82) is 0 Å². The van der Waals surface area contributed by atoms with Gasteiger partial charge in [0.2, 0.25) is 5.95 Å². The summed E-state index contributed by atoms with van der Waals surface area (Å²) in [6, 6.07) is 15.6. The predicted octanol–water partition coefficient (Wildman–Crippen LogP) is 4.75. The lowest BCUT2D eigenvalue weighted by Gasteiger charge is -1.95. The Morgan fingerprint density at radius 2 is 1.74 bits per heavy atom. The van der Waals surface area contributed by atoms with Gasteiger partial charge in [-0.1, -0.05) is 28.1 Å². The highest BCUT2D eigenvalue weighted by atomic mass is 79.9. The molecule has 2 aromatic carbocycles. The molecule has 0 spiro atoms. The molecule has 0 fully saturated rings. The highest BCUT2D eigenvalue weighted by Gasteiger charge is 2.05.